The summed E-state index contributed by atoms with van der Waals surface area (Å²) in [4.78, 5) is 26.6. The number of hydrogen-bond acceptors (Lipinski definition) is 3. The minimum atomic E-state index is -1.01. The number of fused-ring (bicyclic) bond motifs is 1. The second-order valence-electron chi connectivity index (χ2n) is 4.84. The molecular formula is C16H13N3O3. The van der Waals surface area contributed by atoms with Gasteiger partial charge in [0.15, 0.2) is 5.65 Å². The van der Waals surface area contributed by atoms with Gasteiger partial charge in [-0.1, -0.05) is 12.1 Å². The van der Waals surface area contributed by atoms with E-state index in [0.717, 1.165) is 5.56 Å². The Hall–Kier alpha value is -3.15. The SMILES string of the molecule is CC(=O)Nc1ccc(-c2cn3cccc(C(=O)O)c3n2)cc1. The molecule has 22 heavy (non-hydrogen) atoms. The summed E-state index contributed by atoms with van der Waals surface area (Å²) in [6, 6.07) is 10.4. The quantitative estimate of drug-likeness (QED) is 0.778. The lowest BCUT2D eigenvalue weighted by atomic mass is 10.1. The zero-order valence-electron chi connectivity index (χ0n) is 11.8. The zero-order valence-corrected chi connectivity index (χ0v) is 11.8. The van der Waals surface area contributed by atoms with Crippen LogP contribution < -0.4 is 5.32 Å². The van der Waals surface area contributed by atoms with Crippen molar-refractivity contribution in [1.29, 1.82) is 0 Å². The Bertz CT molecular complexity index is 866. The van der Waals surface area contributed by atoms with Gasteiger partial charge in [0.05, 0.1) is 5.69 Å². The van der Waals surface area contributed by atoms with E-state index in [-0.39, 0.29) is 11.5 Å². The number of aromatic nitrogens is 2. The third-order valence-electron chi connectivity index (χ3n) is 3.21. The average Bonchev–Trinajstić information content (AvgIpc) is 2.90. The maximum atomic E-state index is 11.2. The molecule has 0 aliphatic rings. The van der Waals surface area contributed by atoms with Crippen molar-refractivity contribution in [2.24, 2.45) is 0 Å². The lowest BCUT2D eigenvalue weighted by molar-refractivity contribution is -0.114. The Balaban J connectivity index is 2.01. The average molecular weight is 295 g/mol. The van der Waals surface area contributed by atoms with E-state index in [1.165, 1.54) is 13.0 Å². The number of imidazole rings is 1. The summed E-state index contributed by atoms with van der Waals surface area (Å²) in [5, 5.41) is 11.9. The predicted octanol–water partition coefficient (Wildman–Crippen LogP) is 2.66. The van der Waals surface area contributed by atoms with Crippen LogP contribution in [0.4, 0.5) is 5.69 Å². The lowest BCUT2D eigenvalue weighted by Gasteiger charge is -2.02. The molecule has 0 unspecified atom stereocenters. The maximum Gasteiger partial charge on any atom is 0.339 e. The Morgan fingerprint density at radius 1 is 1.18 bits per heavy atom. The molecule has 2 heterocycles. The normalized spacial score (nSPS) is 10.6. The van der Waals surface area contributed by atoms with E-state index in [1.807, 2.05) is 12.1 Å². The highest BCUT2D eigenvalue weighted by Crippen LogP contribution is 2.22. The van der Waals surface area contributed by atoms with Crippen molar-refractivity contribution in [1.82, 2.24) is 9.38 Å². The molecule has 2 N–H and O–H groups in total. The third-order valence-corrected chi connectivity index (χ3v) is 3.21. The number of anilines is 1. The first-order chi connectivity index (χ1) is 10.5. The first-order valence-corrected chi connectivity index (χ1v) is 6.63. The van der Waals surface area contributed by atoms with Gasteiger partial charge in [0.2, 0.25) is 5.91 Å². The molecular weight excluding hydrogens is 282 g/mol. The number of carboxylic acid groups (broad SMARTS) is 1. The number of carbonyl (C=O) groups is 2. The number of carboxylic acids is 1. The highest BCUT2D eigenvalue weighted by Gasteiger charge is 2.12. The molecule has 3 rings (SSSR count). The summed E-state index contributed by atoms with van der Waals surface area (Å²) < 4.78 is 1.68. The van der Waals surface area contributed by atoms with Crippen LogP contribution in [0.25, 0.3) is 16.9 Å². The van der Waals surface area contributed by atoms with Crippen LogP contribution in [0, 0.1) is 0 Å². The highest BCUT2D eigenvalue weighted by atomic mass is 16.4. The minimum absolute atomic E-state index is 0.133. The van der Waals surface area contributed by atoms with Gasteiger partial charge >= 0.3 is 5.97 Å². The molecule has 3 aromatic rings. The molecule has 1 amide bonds. The van der Waals surface area contributed by atoms with Gasteiger partial charge in [-0.05, 0) is 24.3 Å². The van der Waals surface area contributed by atoms with Crippen LogP contribution in [-0.4, -0.2) is 26.4 Å². The molecule has 2 aromatic heterocycles. The number of benzene rings is 1. The Morgan fingerprint density at radius 3 is 2.55 bits per heavy atom. The molecule has 0 aliphatic heterocycles. The molecule has 1 aromatic carbocycles. The van der Waals surface area contributed by atoms with E-state index in [4.69, 9.17) is 0 Å². The van der Waals surface area contributed by atoms with Crippen molar-refractivity contribution in [2.45, 2.75) is 6.92 Å². The fourth-order valence-corrected chi connectivity index (χ4v) is 2.25. The van der Waals surface area contributed by atoms with Crippen molar-refractivity contribution in [3.63, 3.8) is 0 Å². The van der Waals surface area contributed by atoms with Gasteiger partial charge in [-0.15, -0.1) is 0 Å². The van der Waals surface area contributed by atoms with Crippen LogP contribution in [0.2, 0.25) is 0 Å². The fraction of sp³-hybridized carbons (Fsp3) is 0.0625. The van der Waals surface area contributed by atoms with Gasteiger partial charge in [-0.2, -0.15) is 0 Å². The Labute approximate surface area is 126 Å². The van der Waals surface area contributed by atoms with E-state index in [2.05, 4.69) is 10.3 Å². The first kappa shape index (κ1) is 13.8. The van der Waals surface area contributed by atoms with Crippen LogP contribution in [0.1, 0.15) is 17.3 Å². The number of nitrogens with one attached hydrogen (secondary N) is 1. The number of hydrogen-bond donors (Lipinski definition) is 2. The number of pyridine rings is 1. The fourth-order valence-electron chi connectivity index (χ4n) is 2.25. The summed E-state index contributed by atoms with van der Waals surface area (Å²) in [7, 11) is 0. The van der Waals surface area contributed by atoms with E-state index in [0.29, 0.717) is 17.0 Å². The Kier molecular flexibility index (Phi) is 3.34. The van der Waals surface area contributed by atoms with E-state index in [1.54, 1.807) is 35.0 Å². The van der Waals surface area contributed by atoms with Gasteiger partial charge in [0, 0.05) is 30.6 Å². The molecule has 6 heteroatoms. The minimum Gasteiger partial charge on any atom is -0.478 e. The standard InChI is InChI=1S/C16H13N3O3/c1-10(20)17-12-6-4-11(5-7-12)14-9-19-8-2-3-13(16(21)22)15(19)18-14/h2-9H,1H3,(H,17,20)(H,21,22). The smallest absolute Gasteiger partial charge is 0.339 e. The van der Waals surface area contributed by atoms with Gasteiger partial charge in [-0.3, -0.25) is 4.79 Å². The zero-order chi connectivity index (χ0) is 15.7. The molecule has 0 saturated heterocycles. The number of aromatic carboxylic acids is 1. The maximum absolute atomic E-state index is 11.2. The van der Waals surface area contributed by atoms with E-state index >= 15 is 0 Å². The summed E-state index contributed by atoms with van der Waals surface area (Å²) in [6.07, 6.45) is 3.53. The van der Waals surface area contributed by atoms with Crippen molar-refractivity contribution in [3.05, 3.63) is 54.4 Å². The van der Waals surface area contributed by atoms with E-state index in [9.17, 15) is 14.7 Å². The summed E-state index contributed by atoms with van der Waals surface area (Å²) in [5.74, 6) is -1.14. The summed E-state index contributed by atoms with van der Waals surface area (Å²) in [5.41, 5.74) is 2.77. The van der Waals surface area contributed by atoms with Crippen LogP contribution >= 0.6 is 0 Å². The monoisotopic (exact) mass is 295 g/mol. The van der Waals surface area contributed by atoms with Gasteiger partial charge in [0.1, 0.15) is 5.56 Å². The molecule has 0 aliphatic carbocycles. The second kappa shape index (κ2) is 5.33. The summed E-state index contributed by atoms with van der Waals surface area (Å²) >= 11 is 0. The second-order valence-corrected chi connectivity index (χ2v) is 4.84. The molecule has 6 nitrogen and oxygen atoms in total. The molecule has 0 radical (unpaired) electrons. The van der Waals surface area contributed by atoms with Crippen LogP contribution in [0.5, 0.6) is 0 Å². The summed E-state index contributed by atoms with van der Waals surface area (Å²) in [6.45, 7) is 1.45. The number of carbonyl (C=O) groups excluding carboxylic acids is 1. The van der Waals surface area contributed by atoms with Crippen molar-refractivity contribution < 1.29 is 14.7 Å². The first-order valence-electron chi connectivity index (χ1n) is 6.63. The molecule has 0 saturated carbocycles. The predicted molar refractivity (Wildman–Crippen MR) is 81.9 cm³/mol. The largest absolute Gasteiger partial charge is 0.478 e. The Morgan fingerprint density at radius 2 is 1.91 bits per heavy atom. The highest BCUT2D eigenvalue weighted by molar-refractivity contribution is 5.94. The molecule has 0 bridgehead atoms. The van der Waals surface area contributed by atoms with Crippen molar-refractivity contribution in [3.8, 4) is 11.3 Å². The van der Waals surface area contributed by atoms with Crippen LogP contribution in [-0.2, 0) is 4.79 Å². The topological polar surface area (TPSA) is 83.7 Å². The third kappa shape index (κ3) is 2.54. The van der Waals surface area contributed by atoms with Crippen LogP contribution in [0.15, 0.2) is 48.8 Å². The van der Waals surface area contributed by atoms with Crippen molar-refractivity contribution >= 4 is 23.2 Å². The lowest BCUT2D eigenvalue weighted by Crippen LogP contribution is -2.05. The number of rotatable bonds is 3. The van der Waals surface area contributed by atoms with Crippen molar-refractivity contribution in [2.75, 3.05) is 5.32 Å². The van der Waals surface area contributed by atoms with Crippen LogP contribution in [0.3, 0.4) is 0 Å². The number of nitrogens with zero attached hydrogens (tertiary/aromatic N) is 2. The number of amides is 1. The van der Waals surface area contributed by atoms with Gasteiger partial charge in [0.25, 0.3) is 0 Å². The molecule has 0 fully saturated rings. The van der Waals surface area contributed by atoms with Gasteiger partial charge < -0.3 is 14.8 Å². The van der Waals surface area contributed by atoms with Gasteiger partial charge in [-0.25, -0.2) is 9.78 Å². The molecule has 0 atom stereocenters. The molecule has 110 valence electrons. The van der Waals surface area contributed by atoms with E-state index < -0.39 is 5.97 Å². The molecule has 0 spiro atoms.